The summed E-state index contributed by atoms with van der Waals surface area (Å²) >= 11 is 1.23. The number of rotatable bonds is 6. The van der Waals surface area contributed by atoms with Crippen LogP contribution >= 0.6 is 11.3 Å². The van der Waals surface area contributed by atoms with Gasteiger partial charge in [-0.3, -0.25) is 9.59 Å². The number of aromatic nitrogens is 1. The quantitative estimate of drug-likeness (QED) is 0.656. The Kier molecular flexibility index (Phi) is 5.57. The number of nitrogens with one attached hydrogen (secondary N) is 2. The average molecular weight is 407 g/mol. The molecule has 1 aliphatic rings. The minimum atomic E-state index is -0.254. The van der Waals surface area contributed by atoms with Crippen molar-refractivity contribution in [2.24, 2.45) is 0 Å². The monoisotopic (exact) mass is 406 g/mol. The number of benzene rings is 2. The Balaban J connectivity index is 1.31. The molecule has 1 aromatic heterocycles. The van der Waals surface area contributed by atoms with Crippen LogP contribution in [0, 0.1) is 0 Å². The summed E-state index contributed by atoms with van der Waals surface area (Å²) in [5, 5.41) is 7.51. The van der Waals surface area contributed by atoms with Gasteiger partial charge in [-0.15, -0.1) is 11.3 Å². The fourth-order valence-electron chi connectivity index (χ4n) is 3.41. The van der Waals surface area contributed by atoms with Gasteiger partial charge in [0.1, 0.15) is 5.69 Å². The highest BCUT2D eigenvalue weighted by Gasteiger charge is 2.18. The van der Waals surface area contributed by atoms with Crippen LogP contribution in [-0.4, -0.2) is 23.3 Å². The number of carbonyl (C=O) groups excluding carboxylic acids is 2. The third-order valence-corrected chi connectivity index (χ3v) is 5.61. The minimum Gasteiger partial charge on any atom is -0.367 e. The molecule has 7 heteroatoms. The van der Waals surface area contributed by atoms with E-state index in [1.807, 2.05) is 12.1 Å². The van der Waals surface area contributed by atoms with E-state index in [-0.39, 0.29) is 11.8 Å². The lowest BCUT2D eigenvalue weighted by atomic mass is 10.1. The van der Waals surface area contributed by atoms with Crippen molar-refractivity contribution >= 4 is 34.0 Å². The molecule has 3 aromatic rings. The van der Waals surface area contributed by atoms with Crippen molar-refractivity contribution in [3.63, 3.8) is 0 Å². The van der Waals surface area contributed by atoms with Crippen LogP contribution in [0.1, 0.15) is 34.1 Å². The van der Waals surface area contributed by atoms with Crippen LogP contribution in [0.15, 0.2) is 53.9 Å². The van der Waals surface area contributed by atoms with E-state index in [4.69, 9.17) is 0 Å². The maximum absolute atomic E-state index is 12.2. The van der Waals surface area contributed by atoms with Gasteiger partial charge in [-0.1, -0.05) is 42.5 Å². The topological polar surface area (TPSA) is 74.3 Å². The van der Waals surface area contributed by atoms with E-state index >= 15 is 0 Å². The largest absolute Gasteiger partial charge is 0.367 e. The lowest BCUT2D eigenvalue weighted by Crippen LogP contribution is -2.23. The molecule has 0 saturated carbocycles. The summed E-state index contributed by atoms with van der Waals surface area (Å²) in [7, 11) is 0. The predicted molar refractivity (Wildman–Crippen MR) is 115 cm³/mol. The molecule has 0 saturated heterocycles. The molecule has 2 N–H and O–H groups in total. The van der Waals surface area contributed by atoms with Gasteiger partial charge in [0, 0.05) is 37.6 Å². The number of fused-ring (bicyclic) bond motifs is 1. The lowest BCUT2D eigenvalue weighted by molar-refractivity contribution is -0.114. The third kappa shape index (κ3) is 4.63. The molecule has 0 radical (unpaired) electrons. The van der Waals surface area contributed by atoms with E-state index in [0.29, 0.717) is 17.4 Å². The highest BCUT2D eigenvalue weighted by molar-refractivity contribution is 7.14. The molecule has 29 heavy (non-hydrogen) atoms. The van der Waals surface area contributed by atoms with Gasteiger partial charge in [0.05, 0.1) is 0 Å². The summed E-state index contributed by atoms with van der Waals surface area (Å²) in [5.41, 5.74) is 5.32. The normalized spacial score (nSPS) is 12.5. The van der Waals surface area contributed by atoms with Crippen molar-refractivity contribution < 1.29 is 9.59 Å². The van der Waals surface area contributed by atoms with Gasteiger partial charge in [-0.25, -0.2) is 4.98 Å². The Morgan fingerprint density at radius 2 is 1.86 bits per heavy atom. The molecule has 2 heterocycles. The third-order valence-electron chi connectivity index (χ3n) is 4.85. The molecule has 0 bridgehead atoms. The first-order valence-corrected chi connectivity index (χ1v) is 10.4. The first-order valence-electron chi connectivity index (χ1n) is 9.50. The zero-order chi connectivity index (χ0) is 20.2. The van der Waals surface area contributed by atoms with Crippen molar-refractivity contribution in [1.29, 1.82) is 0 Å². The molecule has 2 amide bonds. The predicted octanol–water partition coefficient (Wildman–Crippen LogP) is 3.59. The SMILES string of the molecule is CC(=O)Nc1nc(C(=O)NCc2ccc(CN3CCc4ccccc43)cc2)cs1. The fourth-order valence-corrected chi connectivity index (χ4v) is 4.15. The maximum atomic E-state index is 12.2. The van der Waals surface area contributed by atoms with Crippen LogP contribution < -0.4 is 15.5 Å². The maximum Gasteiger partial charge on any atom is 0.271 e. The smallest absolute Gasteiger partial charge is 0.271 e. The van der Waals surface area contributed by atoms with Gasteiger partial charge in [0.25, 0.3) is 5.91 Å². The highest BCUT2D eigenvalue weighted by Crippen LogP contribution is 2.28. The Morgan fingerprint density at radius 3 is 2.66 bits per heavy atom. The van der Waals surface area contributed by atoms with E-state index in [2.05, 4.69) is 56.9 Å². The van der Waals surface area contributed by atoms with Crippen LogP contribution in [0.3, 0.4) is 0 Å². The van der Waals surface area contributed by atoms with Crippen molar-refractivity contribution in [1.82, 2.24) is 10.3 Å². The molecule has 0 aliphatic carbocycles. The summed E-state index contributed by atoms with van der Waals surface area (Å²) in [4.78, 5) is 29.8. The molecule has 0 spiro atoms. The molecule has 1 aliphatic heterocycles. The molecule has 2 aromatic carbocycles. The molecule has 148 valence electrons. The minimum absolute atomic E-state index is 0.205. The average Bonchev–Trinajstić information content (AvgIpc) is 3.34. The molecule has 6 nitrogen and oxygen atoms in total. The first kappa shape index (κ1) is 19.1. The van der Waals surface area contributed by atoms with Crippen molar-refractivity contribution in [3.8, 4) is 0 Å². The Bertz CT molecular complexity index is 1030. The summed E-state index contributed by atoms with van der Waals surface area (Å²) in [6, 6.07) is 16.9. The molecule has 4 rings (SSSR count). The zero-order valence-corrected chi connectivity index (χ0v) is 17.0. The number of hydrogen-bond acceptors (Lipinski definition) is 5. The van der Waals surface area contributed by atoms with Gasteiger partial charge in [-0.05, 0) is 29.2 Å². The second-order valence-electron chi connectivity index (χ2n) is 7.02. The number of amides is 2. The van der Waals surface area contributed by atoms with E-state index in [9.17, 15) is 9.59 Å². The van der Waals surface area contributed by atoms with Crippen LogP contribution in [0.2, 0.25) is 0 Å². The molecular formula is C22H22N4O2S. The first-order chi connectivity index (χ1) is 14.1. The van der Waals surface area contributed by atoms with Gasteiger partial charge in [-0.2, -0.15) is 0 Å². The van der Waals surface area contributed by atoms with Crippen LogP contribution in [0.5, 0.6) is 0 Å². The second kappa shape index (κ2) is 8.45. The second-order valence-corrected chi connectivity index (χ2v) is 7.88. The Hall–Kier alpha value is -3.19. The van der Waals surface area contributed by atoms with Crippen molar-refractivity contribution in [2.75, 3.05) is 16.8 Å². The van der Waals surface area contributed by atoms with Gasteiger partial charge >= 0.3 is 0 Å². The molecular weight excluding hydrogens is 384 g/mol. The number of thiazole rings is 1. The summed E-state index contributed by atoms with van der Waals surface area (Å²) in [5.74, 6) is -0.459. The molecule has 0 unspecified atom stereocenters. The Labute approximate surface area is 173 Å². The number of anilines is 2. The van der Waals surface area contributed by atoms with Crippen LogP contribution in [0.25, 0.3) is 0 Å². The van der Waals surface area contributed by atoms with Gasteiger partial charge in [0.2, 0.25) is 5.91 Å². The fraction of sp³-hybridized carbons (Fsp3) is 0.227. The molecule has 0 fully saturated rings. The summed E-state index contributed by atoms with van der Waals surface area (Å²) < 4.78 is 0. The van der Waals surface area contributed by atoms with Gasteiger partial charge in [0.15, 0.2) is 5.13 Å². The van der Waals surface area contributed by atoms with Crippen molar-refractivity contribution in [2.45, 2.75) is 26.4 Å². The number of hydrogen-bond donors (Lipinski definition) is 2. The number of carbonyl (C=O) groups is 2. The Morgan fingerprint density at radius 1 is 1.10 bits per heavy atom. The summed E-state index contributed by atoms with van der Waals surface area (Å²) in [6.45, 7) is 3.77. The zero-order valence-electron chi connectivity index (χ0n) is 16.1. The van der Waals surface area contributed by atoms with E-state index in [1.165, 1.54) is 35.1 Å². The van der Waals surface area contributed by atoms with E-state index in [1.54, 1.807) is 5.38 Å². The van der Waals surface area contributed by atoms with E-state index in [0.717, 1.165) is 25.1 Å². The van der Waals surface area contributed by atoms with Crippen LogP contribution in [0.4, 0.5) is 10.8 Å². The highest BCUT2D eigenvalue weighted by atomic mass is 32.1. The lowest BCUT2D eigenvalue weighted by Gasteiger charge is -2.19. The number of nitrogens with zero attached hydrogens (tertiary/aromatic N) is 2. The van der Waals surface area contributed by atoms with Gasteiger partial charge < -0.3 is 15.5 Å². The molecule has 0 atom stereocenters. The van der Waals surface area contributed by atoms with E-state index < -0.39 is 0 Å². The number of para-hydroxylation sites is 1. The standard InChI is InChI=1S/C22H22N4O2S/c1-15(27)24-22-25-19(14-29-22)21(28)23-12-16-6-8-17(9-7-16)13-26-11-10-18-4-2-3-5-20(18)26/h2-9,14H,10-13H2,1H3,(H,23,28)(H,24,25,27). The summed E-state index contributed by atoms with van der Waals surface area (Å²) in [6.07, 6.45) is 1.10. The van der Waals surface area contributed by atoms with Crippen molar-refractivity contribution in [3.05, 3.63) is 76.3 Å². The van der Waals surface area contributed by atoms with Crippen LogP contribution in [-0.2, 0) is 24.3 Å².